The first-order valence-corrected chi connectivity index (χ1v) is 8.24. The highest BCUT2D eigenvalue weighted by Crippen LogP contribution is 2.29. The van der Waals surface area contributed by atoms with Crippen LogP contribution in [-0.2, 0) is 7.05 Å². The third-order valence-electron chi connectivity index (χ3n) is 4.33. The van der Waals surface area contributed by atoms with Crippen LogP contribution in [0.2, 0.25) is 0 Å². The molecule has 0 aliphatic rings. The summed E-state index contributed by atoms with van der Waals surface area (Å²) >= 11 is 0. The summed E-state index contributed by atoms with van der Waals surface area (Å²) in [6, 6.07) is 14.8. The second-order valence-corrected chi connectivity index (χ2v) is 6.38. The largest absolute Gasteiger partial charge is 0.327 e. The number of hydrogen-bond acceptors (Lipinski definition) is 4. The Bertz CT molecular complexity index is 1070. The predicted molar refractivity (Wildman–Crippen MR) is 101 cm³/mol. The molecule has 6 nitrogen and oxygen atoms in total. The zero-order valence-electron chi connectivity index (χ0n) is 14.8. The summed E-state index contributed by atoms with van der Waals surface area (Å²) in [4.78, 5) is 15.5. The summed E-state index contributed by atoms with van der Waals surface area (Å²) in [7, 11) is 1.85. The van der Waals surface area contributed by atoms with Gasteiger partial charge in [0.05, 0.1) is 21.5 Å². The van der Waals surface area contributed by atoms with E-state index in [0.717, 1.165) is 11.0 Å². The van der Waals surface area contributed by atoms with Crippen molar-refractivity contribution in [3.05, 3.63) is 69.5 Å². The molecule has 0 saturated carbocycles. The van der Waals surface area contributed by atoms with Crippen molar-refractivity contribution in [3.8, 4) is 6.07 Å². The smallest absolute Gasteiger partial charge is 0.273 e. The standard InChI is InChI=1S/C20H18N4O2/c1-13(2)16-9-8-14(11-19(16)24(25)26)10-15(12-21)20-22-17-6-4-5-7-18(17)23(20)3/h4-11,13H,1-3H3/b15-10+. The Hall–Kier alpha value is -3.46. The van der Waals surface area contributed by atoms with Gasteiger partial charge in [-0.3, -0.25) is 10.1 Å². The number of benzene rings is 2. The molecule has 1 heterocycles. The van der Waals surface area contributed by atoms with Crippen LogP contribution in [-0.4, -0.2) is 14.5 Å². The molecular weight excluding hydrogens is 328 g/mol. The summed E-state index contributed by atoms with van der Waals surface area (Å²) in [5, 5.41) is 21.0. The van der Waals surface area contributed by atoms with Crippen molar-refractivity contribution in [2.24, 2.45) is 7.05 Å². The van der Waals surface area contributed by atoms with E-state index in [0.29, 0.717) is 22.5 Å². The molecule has 0 radical (unpaired) electrons. The van der Waals surface area contributed by atoms with E-state index >= 15 is 0 Å². The highest BCUT2D eigenvalue weighted by Gasteiger charge is 2.17. The predicted octanol–water partition coefficient (Wildman–Crippen LogP) is 4.67. The van der Waals surface area contributed by atoms with Gasteiger partial charge in [-0.2, -0.15) is 5.26 Å². The molecular formula is C20H18N4O2. The van der Waals surface area contributed by atoms with Gasteiger partial charge >= 0.3 is 0 Å². The van der Waals surface area contributed by atoms with Crippen molar-refractivity contribution in [3.63, 3.8) is 0 Å². The molecule has 1 aromatic heterocycles. The van der Waals surface area contributed by atoms with Crippen LogP contribution in [0.15, 0.2) is 42.5 Å². The summed E-state index contributed by atoms with van der Waals surface area (Å²) in [6.07, 6.45) is 1.64. The Labute approximate surface area is 151 Å². The molecule has 0 unspecified atom stereocenters. The van der Waals surface area contributed by atoms with Crippen LogP contribution in [0.3, 0.4) is 0 Å². The number of para-hydroxylation sites is 2. The second kappa shape index (κ2) is 6.81. The number of nitro benzene ring substituents is 1. The summed E-state index contributed by atoms with van der Waals surface area (Å²) in [5.74, 6) is 0.577. The van der Waals surface area contributed by atoms with E-state index in [1.807, 2.05) is 49.7 Å². The van der Waals surface area contributed by atoms with Gasteiger partial charge in [0.2, 0.25) is 0 Å². The number of nitro groups is 1. The summed E-state index contributed by atoms with van der Waals surface area (Å²) in [6.45, 7) is 3.83. The van der Waals surface area contributed by atoms with Crippen molar-refractivity contribution >= 4 is 28.4 Å². The lowest BCUT2D eigenvalue weighted by Gasteiger charge is -2.07. The summed E-state index contributed by atoms with van der Waals surface area (Å²) < 4.78 is 1.85. The lowest BCUT2D eigenvalue weighted by Crippen LogP contribution is -1.98. The van der Waals surface area contributed by atoms with E-state index in [-0.39, 0.29) is 16.5 Å². The van der Waals surface area contributed by atoms with Gasteiger partial charge in [-0.1, -0.05) is 38.1 Å². The molecule has 130 valence electrons. The Morgan fingerprint density at radius 2 is 2.04 bits per heavy atom. The molecule has 0 aliphatic carbocycles. The molecule has 6 heteroatoms. The second-order valence-electron chi connectivity index (χ2n) is 6.38. The maximum Gasteiger partial charge on any atom is 0.273 e. The normalized spacial score (nSPS) is 11.7. The Balaban J connectivity index is 2.12. The fourth-order valence-electron chi connectivity index (χ4n) is 3.00. The number of allylic oxidation sites excluding steroid dienone is 1. The zero-order valence-corrected chi connectivity index (χ0v) is 14.8. The third kappa shape index (κ3) is 3.07. The van der Waals surface area contributed by atoms with E-state index < -0.39 is 0 Å². The van der Waals surface area contributed by atoms with Gasteiger partial charge < -0.3 is 4.57 Å². The quantitative estimate of drug-likeness (QED) is 0.390. The molecule has 3 rings (SSSR count). The first-order valence-electron chi connectivity index (χ1n) is 8.24. The number of fused-ring (bicyclic) bond motifs is 1. The lowest BCUT2D eigenvalue weighted by molar-refractivity contribution is -0.385. The molecule has 26 heavy (non-hydrogen) atoms. The monoisotopic (exact) mass is 346 g/mol. The number of imidazole rings is 1. The Morgan fingerprint density at radius 1 is 1.31 bits per heavy atom. The van der Waals surface area contributed by atoms with Crippen LogP contribution >= 0.6 is 0 Å². The minimum atomic E-state index is -0.381. The molecule has 0 spiro atoms. The van der Waals surface area contributed by atoms with Gasteiger partial charge in [-0.15, -0.1) is 0 Å². The first kappa shape index (κ1) is 17.4. The fraction of sp³-hybridized carbons (Fsp3) is 0.200. The van der Waals surface area contributed by atoms with E-state index in [9.17, 15) is 15.4 Å². The van der Waals surface area contributed by atoms with Gasteiger partial charge in [0.15, 0.2) is 5.82 Å². The molecule has 0 atom stereocenters. The van der Waals surface area contributed by atoms with E-state index in [1.54, 1.807) is 18.2 Å². The van der Waals surface area contributed by atoms with Crippen molar-refractivity contribution in [1.29, 1.82) is 5.26 Å². The molecule has 0 fully saturated rings. The van der Waals surface area contributed by atoms with Gasteiger partial charge in [-0.05, 0) is 29.7 Å². The van der Waals surface area contributed by atoms with Crippen LogP contribution < -0.4 is 0 Å². The number of hydrogen-bond donors (Lipinski definition) is 0. The first-order chi connectivity index (χ1) is 12.4. The van der Waals surface area contributed by atoms with Crippen LogP contribution in [0.5, 0.6) is 0 Å². The van der Waals surface area contributed by atoms with Crippen molar-refractivity contribution in [2.75, 3.05) is 0 Å². The molecule has 0 amide bonds. The molecule has 0 aliphatic heterocycles. The average Bonchev–Trinajstić information content (AvgIpc) is 2.96. The third-order valence-corrected chi connectivity index (χ3v) is 4.33. The minimum Gasteiger partial charge on any atom is -0.327 e. The van der Waals surface area contributed by atoms with Gasteiger partial charge in [0.1, 0.15) is 6.07 Å². The maximum absolute atomic E-state index is 11.4. The Morgan fingerprint density at radius 3 is 2.65 bits per heavy atom. The fourth-order valence-corrected chi connectivity index (χ4v) is 3.00. The molecule has 0 saturated heterocycles. The number of rotatable bonds is 4. The topological polar surface area (TPSA) is 84.8 Å². The van der Waals surface area contributed by atoms with E-state index in [1.165, 1.54) is 6.07 Å². The van der Waals surface area contributed by atoms with Crippen LogP contribution in [0.4, 0.5) is 5.69 Å². The van der Waals surface area contributed by atoms with E-state index in [4.69, 9.17) is 0 Å². The zero-order chi connectivity index (χ0) is 18.8. The van der Waals surface area contributed by atoms with Gasteiger partial charge in [-0.25, -0.2) is 4.98 Å². The molecule has 2 aromatic carbocycles. The number of aromatic nitrogens is 2. The van der Waals surface area contributed by atoms with Crippen molar-refractivity contribution < 1.29 is 4.92 Å². The Kier molecular flexibility index (Phi) is 4.55. The van der Waals surface area contributed by atoms with Crippen LogP contribution in [0.1, 0.15) is 36.7 Å². The van der Waals surface area contributed by atoms with Crippen molar-refractivity contribution in [2.45, 2.75) is 19.8 Å². The van der Waals surface area contributed by atoms with E-state index in [2.05, 4.69) is 11.1 Å². The molecule has 0 N–H and O–H groups in total. The number of nitrogens with zero attached hydrogens (tertiary/aromatic N) is 4. The minimum absolute atomic E-state index is 0.0451. The van der Waals surface area contributed by atoms with Crippen molar-refractivity contribution in [1.82, 2.24) is 9.55 Å². The average molecular weight is 346 g/mol. The number of aryl methyl sites for hydroxylation is 1. The van der Waals surface area contributed by atoms with Crippen LogP contribution in [0.25, 0.3) is 22.7 Å². The highest BCUT2D eigenvalue weighted by atomic mass is 16.6. The SMILES string of the molecule is CC(C)c1ccc(/C=C(\C#N)c2nc3ccccc3n2C)cc1[N+](=O)[O-]. The van der Waals surface area contributed by atoms with Gasteiger partial charge in [0.25, 0.3) is 5.69 Å². The molecule has 0 bridgehead atoms. The highest BCUT2D eigenvalue weighted by molar-refractivity contribution is 5.91. The lowest BCUT2D eigenvalue weighted by atomic mass is 9.98. The molecule has 3 aromatic rings. The number of nitriles is 1. The summed E-state index contributed by atoms with van der Waals surface area (Å²) in [5.41, 5.74) is 3.42. The maximum atomic E-state index is 11.4. The van der Waals surface area contributed by atoms with Crippen LogP contribution in [0, 0.1) is 21.4 Å². The van der Waals surface area contributed by atoms with Gasteiger partial charge in [0, 0.05) is 18.7 Å².